The van der Waals surface area contributed by atoms with Gasteiger partial charge in [-0.15, -0.1) is 0 Å². The summed E-state index contributed by atoms with van der Waals surface area (Å²) in [6.45, 7) is 37.7. The number of aryl methyl sites for hydroxylation is 1. The molecule has 2 aliphatic carbocycles. The maximum Gasteiger partial charge on any atom is 0.214 e. The topological polar surface area (TPSA) is 350 Å². The summed E-state index contributed by atoms with van der Waals surface area (Å²) in [5.41, 5.74) is 22.0. The van der Waals surface area contributed by atoms with Crippen LogP contribution in [0.4, 0.5) is 43.7 Å². The fourth-order valence-electron chi connectivity index (χ4n) is 19.2. The quantitative estimate of drug-likeness (QED) is 0.0542. The molecule has 10 aliphatic heterocycles. The zero-order valence-corrected chi connectivity index (χ0v) is 82.5. The van der Waals surface area contributed by atoms with E-state index in [1.807, 2.05) is 178 Å². The van der Waals surface area contributed by atoms with E-state index < -0.39 is 12.3 Å². The van der Waals surface area contributed by atoms with Crippen molar-refractivity contribution in [2.45, 2.75) is 216 Å². The minimum absolute atomic E-state index is 0.0572. The maximum atomic E-state index is 13.5. The zero-order chi connectivity index (χ0) is 97.6. The number of ether oxygens (including phenoxy) is 5. The SMILES string of the molecule is CC(C)Oc1cc2c(cn1)CN=C2c1cc(N2CC[C@@H](F)C2)ncn1.CC(C)Oc1cc2c(cn1)CN=C2c1cc(N2CC[C@H](F)C2)ncn1.CC(C)Oc1cc2c(cn1)CN=C2c1ccnc(N2CCN(CC3CCC3)CC2)c1.CC(C)Oc1cc2c(cn1)CN=C2c1ccnc(N2CCc3oc(C4CC4)nc3C2)c1.Cc1nonc1N1CCN(c2cc(C3=NCc4cnc(OC(C)C)cc43)ccn2)CC1. The van der Waals surface area contributed by atoms with Gasteiger partial charge in [-0.25, -0.2) is 78.2 Å². The number of piperazine rings is 2. The van der Waals surface area contributed by atoms with Gasteiger partial charge in [0.2, 0.25) is 29.4 Å². The van der Waals surface area contributed by atoms with Gasteiger partial charge >= 0.3 is 0 Å². The molecule has 24 rings (SSSR count). The molecule has 34 nitrogen and oxygen atoms in total. The molecule has 142 heavy (non-hydrogen) atoms. The smallest absolute Gasteiger partial charge is 0.214 e. The van der Waals surface area contributed by atoms with Gasteiger partial charge in [0.05, 0.1) is 123 Å². The summed E-state index contributed by atoms with van der Waals surface area (Å²) in [5.74, 6) is 11.8. The number of hydrogen-bond acceptors (Lipinski definition) is 34. The first-order chi connectivity index (χ1) is 69.1. The summed E-state index contributed by atoms with van der Waals surface area (Å²) >= 11 is 0. The van der Waals surface area contributed by atoms with Crippen molar-refractivity contribution in [2.24, 2.45) is 30.9 Å². The Morgan fingerprint density at radius 2 is 0.746 bits per heavy atom. The zero-order valence-electron chi connectivity index (χ0n) is 82.5. The van der Waals surface area contributed by atoms with E-state index >= 15 is 0 Å². The van der Waals surface area contributed by atoms with Crippen molar-refractivity contribution in [2.75, 3.05) is 121 Å². The number of hydrogen-bond donors (Lipinski definition) is 0. The van der Waals surface area contributed by atoms with Crippen LogP contribution >= 0.6 is 0 Å². The van der Waals surface area contributed by atoms with Gasteiger partial charge in [0.15, 0.2) is 11.7 Å². The summed E-state index contributed by atoms with van der Waals surface area (Å²) in [7, 11) is 0. The lowest BCUT2D eigenvalue weighted by Crippen LogP contribution is -2.48. The number of rotatable bonds is 24. The second-order valence-corrected chi connectivity index (χ2v) is 39.1. The molecular formula is C106H121F2N27O7. The Kier molecular flexibility index (Phi) is 28.6. The minimum atomic E-state index is -0.787. The predicted octanol–water partition coefficient (Wildman–Crippen LogP) is 15.3. The number of pyridine rings is 8. The van der Waals surface area contributed by atoms with Gasteiger partial charge < -0.3 is 57.5 Å². The highest BCUT2D eigenvalue weighted by Gasteiger charge is 2.36. The van der Waals surface area contributed by atoms with Crippen LogP contribution in [0, 0.1) is 12.8 Å². The number of anilines is 6. The third-order valence-corrected chi connectivity index (χ3v) is 26.6. The number of fused-ring (bicyclic) bond motifs is 6. The fourth-order valence-corrected chi connectivity index (χ4v) is 19.2. The average molecular weight is 1920 g/mol. The maximum absolute atomic E-state index is 13.5. The normalized spacial score (nSPS) is 18.2. The van der Waals surface area contributed by atoms with E-state index in [1.165, 1.54) is 51.3 Å². The second-order valence-electron chi connectivity index (χ2n) is 39.1. The molecule has 22 heterocycles. The molecule has 0 spiro atoms. The molecule has 0 radical (unpaired) electrons. The summed E-state index contributed by atoms with van der Waals surface area (Å²) in [5, 5.41) is 7.91. The van der Waals surface area contributed by atoms with E-state index in [0.717, 1.165) is 248 Å². The highest BCUT2D eigenvalue weighted by molar-refractivity contribution is 6.18. The molecule has 0 aromatic carbocycles. The Morgan fingerprint density at radius 1 is 0.373 bits per heavy atom. The van der Waals surface area contributed by atoms with Crippen molar-refractivity contribution in [3.8, 4) is 29.4 Å². The summed E-state index contributed by atoms with van der Waals surface area (Å²) in [6, 6.07) is 26.2. The molecule has 6 fully saturated rings. The first-order valence-electron chi connectivity index (χ1n) is 49.9. The fraction of sp³-hybridized carbons (Fsp3) is 0.453. The van der Waals surface area contributed by atoms with Gasteiger partial charge in [0.1, 0.15) is 71.2 Å². The van der Waals surface area contributed by atoms with Gasteiger partial charge in [-0.2, -0.15) is 0 Å². The molecule has 2 atom stereocenters. The summed E-state index contributed by atoms with van der Waals surface area (Å²) in [6.07, 6.45) is 25.4. The summed E-state index contributed by atoms with van der Waals surface area (Å²) in [4.78, 5) is 97.3. The molecule has 736 valence electrons. The van der Waals surface area contributed by atoms with Crippen LogP contribution in [0.1, 0.15) is 227 Å². The largest absolute Gasteiger partial charge is 0.475 e. The van der Waals surface area contributed by atoms with Gasteiger partial charge in [0.25, 0.3) is 0 Å². The van der Waals surface area contributed by atoms with E-state index in [-0.39, 0.29) is 30.5 Å². The minimum Gasteiger partial charge on any atom is -0.475 e. The lowest BCUT2D eigenvalue weighted by molar-refractivity contribution is 0.170. The van der Waals surface area contributed by atoms with E-state index in [4.69, 9.17) is 52.7 Å². The Labute approximate surface area is 825 Å². The van der Waals surface area contributed by atoms with Crippen molar-refractivity contribution < 1.29 is 41.5 Å². The average Bonchev–Trinajstić information content (AvgIpc) is 1.61. The van der Waals surface area contributed by atoms with Gasteiger partial charge in [0, 0.05) is 255 Å². The van der Waals surface area contributed by atoms with Crippen LogP contribution in [-0.2, 0) is 45.7 Å². The Balaban J connectivity index is 0.000000109. The summed E-state index contributed by atoms with van der Waals surface area (Å²) < 4.78 is 66.6. The monoisotopic (exact) mass is 1920 g/mol. The highest BCUT2D eigenvalue weighted by Crippen LogP contribution is 2.42. The molecule has 12 aliphatic rings. The molecule has 0 bridgehead atoms. The molecular weight excluding hydrogens is 1800 g/mol. The number of aliphatic imine (C=N–C) groups is 5. The van der Waals surface area contributed by atoms with Crippen LogP contribution in [-0.4, -0.2) is 243 Å². The number of nitrogens with zero attached hydrogens (tertiary/aromatic N) is 27. The van der Waals surface area contributed by atoms with Crippen LogP contribution in [0.5, 0.6) is 29.4 Å². The van der Waals surface area contributed by atoms with Crippen molar-refractivity contribution in [3.05, 3.63) is 248 Å². The number of halogens is 2. The number of oxazole rings is 1. The molecule has 12 aromatic heterocycles. The Bertz CT molecular complexity index is 6560. The van der Waals surface area contributed by atoms with Crippen molar-refractivity contribution in [1.82, 2.24) is 80.0 Å². The lowest BCUT2D eigenvalue weighted by atomic mass is 9.85. The molecule has 2 saturated carbocycles. The van der Waals surface area contributed by atoms with E-state index in [9.17, 15) is 8.78 Å². The third-order valence-electron chi connectivity index (χ3n) is 26.6. The van der Waals surface area contributed by atoms with Crippen LogP contribution in [0.3, 0.4) is 0 Å². The molecule has 4 saturated heterocycles. The first kappa shape index (κ1) is 95.2. The molecule has 0 amide bonds. The number of alkyl halides is 2. The third kappa shape index (κ3) is 22.3. The second kappa shape index (κ2) is 42.6. The first-order valence-corrected chi connectivity index (χ1v) is 49.9. The van der Waals surface area contributed by atoms with Crippen molar-refractivity contribution >= 4 is 63.5 Å². The lowest BCUT2D eigenvalue weighted by Gasteiger charge is -2.39. The van der Waals surface area contributed by atoms with Crippen molar-refractivity contribution in [1.29, 1.82) is 0 Å². The Morgan fingerprint density at radius 3 is 1.11 bits per heavy atom. The van der Waals surface area contributed by atoms with Crippen LogP contribution in [0.2, 0.25) is 0 Å². The van der Waals surface area contributed by atoms with Gasteiger partial charge in [-0.05, 0) is 162 Å². The van der Waals surface area contributed by atoms with Crippen LogP contribution < -0.4 is 53.1 Å². The Hall–Kier alpha value is -14.3. The molecule has 36 heteroatoms. The van der Waals surface area contributed by atoms with E-state index in [0.29, 0.717) is 107 Å². The standard InChI is InChI=1S/C24H25N5O2.C24H31N5O.C22H25N7O2.2C18H20FN5O/c1-14(2)30-22-10-18-17(11-26-22)12-27-23(18)16-5-7-25-21(9-16)29-8-6-20-19(13-29)28-24(31-20)15-3-4-15;1-17(2)30-23-13-21-20(14-26-23)15-27-24(21)19-6-7-25-22(12-19)29-10-8-28(9-11-29)16-18-4-3-5-18;1-14(2)30-20-11-18-17(12-24-20)13-25-21(18)16-4-5-23-19(10-16)28-6-8-29(9-7-28)22-15(3)26-31-27-22;2*1-11(2)25-17-5-14-12(7-20-17)8-21-18(14)15-6-16(23-10-22-15)24-4-3-13(19)9-24/h5,7,9-11,14-15H,3-4,6,8,12-13H2,1-2H3;6-7,12-14,17-18H,3-5,8-11,15-16H2,1-2H3;4-5,10-12,14H,6-9,13H2,1-3H3;2*5-7,10-11,13H,3-4,8-9H2,1-2H3/t;;;2*13-/m...10/s1. The molecule has 0 unspecified atom stereocenters. The van der Waals surface area contributed by atoms with E-state index in [2.05, 4.69) is 129 Å². The molecule has 0 N–H and O–H groups in total. The van der Waals surface area contributed by atoms with Gasteiger partial charge in [-0.1, -0.05) is 11.6 Å². The highest BCUT2D eigenvalue weighted by atomic mass is 19.1. The van der Waals surface area contributed by atoms with E-state index in [1.54, 1.807) is 12.4 Å². The molecule has 12 aromatic rings. The van der Waals surface area contributed by atoms with Crippen LogP contribution in [0.25, 0.3) is 0 Å². The number of aromatic nitrogens is 15. The van der Waals surface area contributed by atoms with Gasteiger partial charge in [-0.3, -0.25) is 29.9 Å². The van der Waals surface area contributed by atoms with Crippen molar-refractivity contribution in [3.63, 3.8) is 0 Å². The van der Waals surface area contributed by atoms with Crippen LogP contribution in [0.15, 0.2) is 175 Å². The predicted molar refractivity (Wildman–Crippen MR) is 540 cm³/mol.